The van der Waals surface area contributed by atoms with Crippen LogP contribution in [0.5, 0.6) is 0 Å². The molecule has 0 saturated heterocycles. The lowest BCUT2D eigenvalue weighted by Gasteiger charge is -2.33. The third-order valence-corrected chi connectivity index (χ3v) is 11.7. The van der Waals surface area contributed by atoms with Crippen molar-refractivity contribution in [1.29, 1.82) is 0 Å². The van der Waals surface area contributed by atoms with Crippen molar-refractivity contribution in [3.8, 4) is 0 Å². The van der Waals surface area contributed by atoms with Gasteiger partial charge in [-0.1, -0.05) is 90.9 Å². The Labute approximate surface area is 286 Å². The van der Waals surface area contributed by atoms with Gasteiger partial charge in [-0.3, -0.25) is 4.79 Å². The van der Waals surface area contributed by atoms with Crippen LogP contribution in [-0.2, 0) is 18.5 Å². The molecule has 2 unspecified atom stereocenters. The first-order valence-electron chi connectivity index (χ1n) is 18.9. The monoisotopic (exact) mass is 680 g/mol. The molecule has 45 heavy (non-hydrogen) atoms. The van der Waals surface area contributed by atoms with Crippen molar-refractivity contribution in [3.63, 3.8) is 0 Å². The Balaban J connectivity index is 4.25. The van der Waals surface area contributed by atoms with Crippen molar-refractivity contribution in [2.75, 3.05) is 63.5 Å². The largest absolute Gasteiger partial charge is 0.465 e. The highest BCUT2D eigenvalue weighted by Gasteiger charge is 2.20. The molecule has 0 rings (SSSR count). The first-order chi connectivity index (χ1) is 21.8. The number of thioether (sulfide) groups is 1. The molecule has 0 bridgehead atoms. The van der Waals surface area contributed by atoms with E-state index in [1.54, 1.807) is 0 Å². The van der Waals surface area contributed by atoms with Crippen molar-refractivity contribution in [1.82, 2.24) is 4.90 Å². The predicted octanol–water partition coefficient (Wildman–Crippen LogP) is 10.1. The topological polar surface area (TPSA) is 68.2 Å². The summed E-state index contributed by atoms with van der Waals surface area (Å²) in [5.74, 6) is 2.23. The number of aliphatic hydroxyl groups excluding tert-OH is 1. The van der Waals surface area contributed by atoms with Crippen molar-refractivity contribution in [2.45, 2.75) is 168 Å². The zero-order chi connectivity index (χ0) is 33.4. The van der Waals surface area contributed by atoms with E-state index in [0.717, 1.165) is 69.7 Å². The van der Waals surface area contributed by atoms with Gasteiger partial charge in [-0.05, 0) is 109 Å². The van der Waals surface area contributed by atoms with E-state index >= 15 is 0 Å². The molecule has 0 aliphatic rings. The quantitative estimate of drug-likeness (QED) is 0.0406. The second kappa shape index (κ2) is 32.6. The maximum Gasteiger partial charge on any atom is 0.319 e. The summed E-state index contributed by atoms with van der Waals surface area (Å²) in [5.41, 5.74) is 0. The summed E-state index contributed by atoms with van der Waals surface area (Å²) in [6.07, 6.45) is 28.0. The smallest absolute Gasteiger partial charge is 0.319 e. The third-order valence-electron chi connectivity index (χ3n) is 8.30. The molecule has 0 aromatic heterocycles. The molecule has 0 spiro atoms. The zero-order valence-corrected chi connectivity index (χ0v) is 32.4. The van der Waals surface area contributed by atoms with Gasteiger partial charge in [0.05, 0.1) is 6.61 Å². The maximum atomic E-state index is 12.9. The molecule has 0 radical (unpaired) electrons. The molecule has 0 aromatic carbocycles. The van der Waals surface area contributed by atoms with Gasteiger partial charge in [-0.15, -0.1) is 22.1 Å². The van der Waals surface area contributed by atoms with Crippen LogP contribution in [0.25, 0.3) is 0 Å². The highest BCUT2D eigenvalue weighted by molar-refractivity contribution is 8.28. The van der Waals surface area contributed by atoms with Crippen LogP contribution < -0.4 is 0 Å². The van der Waals surface area contributed by atoms with Gasteiger partial charge in [0.2, 0.25) is 0 Å². The van der Waals surface area contributed by atoms with Crippen LogP contribution >= 0.6 is 22.1 Å². The Morgan fingerprint density at radius 2 is 1.29 bits per heavy atom. The molecule has 0 aliphatic heterocycles. The molecule has 6 nitrogen and oxygen atoms in total. The molecule has 0 saturated carbocycles. The number of carbonyl (C=O) groups is 1. The third kappa shape index (κ3) is 29.9. The lowest BCUT2D eigenvalue weighted by molar-refractivity contribution is -0.143. The normalized spacial score (nSPS) is 13.8. The number of hydrogen-bond donors (Lipinski definition) is 1. The van der Waals surface area contributed by atoms with Gasteiger partial charge < -0.3 is 23.7 Å². The molecule has 272 valence electrons. The Hall–Kier alpha value is 0.01000. The Morgan fingerprint density at radius 1 is 0.733 bits per heavy atom. The van der Waals surface area contributed by atoms with Gasteiger partial charge in [0, 0.05) is 13.2 Å². The number of ether oxygens (including phenoxy) is 2. The fraction of sp³-hybridized carbons (Fsp3) is 0.973. The standard InChI is InChI=1S/C37H77NO5S2/c1-7-10-12-13-14-19-27-36(44-33-25-11-8-2)37(40)42-32-24-17-15-20-28-38(30-22-23-31-39)29-21-16-18-26-34-45(5,6)43-35(4)41-9-3/h35-36,39H,7-34H2,1-6H3. The van der Waals surface area contributed by atoms with Crippen LogP contribution in [0.1, 0.15) is 156 Å². The minimum absolute atomic E-state index is 0.0191. The van der Waals surface area contributed by atoms with Gasteiger partial charge in [0.1, 0.15) is 5.25 Å². The van der Waals surface area contributed by atoms with Gasteiger partial charge >= 0.3 is 5.97 Å². The second-order valence-electron chi connectivity index (χ2n) is 13.2. The van der Waals surface area contributed by atoms with E-state index in [1.807, 2.05) is 25.6 Å². The van der Waals surface area contributed by atoms with Crippen LogP contribution in [0.4, 0.5) is 0 Å². The zero-order valence-electron chi connectivity index (χ0n) is 30.8. The van der Waals surface area contributed by atoms with Crippen molar-refractivity contribution in [3.05, 3.63) is 0 Å². The van der Waals surface area contributed by atoms with Gasteiger partial charge in [0.15, 0.2) is 6.29 Å². The molecule has 1 N–H and O–H groups in total. The lowest BCUT2D eigenvalue weighted by Crippen LogP contribution is -2.27. The molecule has 8 heteroatoms. The lowest BCUT2D eigenvalue weighted by atomic mass is 10.1. The minimum atomic E-state index is -1.05. The number of nitrogens with zero attached hydrogens (tertiary/aromatic N) is 1. The van der Waals surface area contributed by atoms with Gasteiger partial charge in [-0.2, -0.15) is 0 Å². The SMILES string of the molecule is CCCCCCCCC(SCCCCC)C(=O)OCCCCCCN(CCCCO)CCCCCCS(C)(C)OC(C)OCC. The van der Waals surface area contributed by atoms with Crippen LogP contribution in [0.3, 0.4) is 0 Å². The Bertz CT molecular complexity index is 640. The fourth-order valence-corrected chi connectivity index (χ4v) is 8.59. The molecule has 0 aliphatic carbocycles. The van der Waals surface area contributed by atoms with E-state index in [1.165, 1.54) is 89.9 Å². The summed E-state index contributed by atoms with van der Waals surface area (Å²) in [4.78, 5) is 15.5. The van der Waals surface area contributed by atoms with Crippen LogP contribution in [0.2, 0.25) is 0 Å². The number of carbonyl (C=O) groups excluding carboxylic acids is 1. The van der Waals surface area contributed by atoms with E-state index < -0.39 is 10.3 Å². The summed E-state index contributed by atoms with van der Waals surface area (Å²) < 4.78 is 17.5. The Morgan fingerprint density at radius 3 is 1.93 bits per heavy atom. The van der Waals surface area contributed by atoms with E-state index in [9.17, 15) is 9.90 Å². The molecule has 0 heterocycles. The number of unbranched alkanes of at least 4 members (excludes halogenated alkanes) is 14. The predicted molar refractivity (Wildman–Crippen MR) is 201 cm³/mol. The fourth-order valence-electron chi connectivity index (χ4n) is 5.61. The molecular formula is C37H77NO5S2. The van der Waals surface area contributed by atoms with E-state index in [-0.39, 0.29) is 24.1 Å². The van der Waals surface area contributed by atoms with Crippen LogP contribution in [0.15, 0.2) is 0 Å². The molecule has 0 amide bonds. The summed E-state index contributed by atoms with van der Waals surface area (Å²) >= 11 is 1.83. The Kier molecular flexibility index (Phi) is 32.6. The van der Waals surface area contributed by atoms with E-state index in [2.05, 4.69) is 31.3 Å². The van der Waals surface area contributed by atoms with Crippen molar-refractivity contribution < 1.29 is 23.6 Å². The van der Waals surface area contributed by atoms with E-state index in [0.29, 0.717) is 13.2 Å². The van der Waals surface area contributed by atoms with Crippen LogP contribution in [0, 0.1) is 0 Å². The second-order valence-corrected chi connectivity index (χ2v) is 17.9. The van der Waals surface area contributed by atoms with Gasteiger partial charge in [0.25, 0.3) is 0 Å². The first kappa shape index (κ1) is 45.0. The number of rotatable bonds is 35. The minimum Gasteiger partial charge on any atom is -0.465 e. The summed E-state index contributed by atoms with van der Waals surface area (Å²) in [5, 5.41) is 9.27. The molecule has 0 aromatic rings. The highest BCUT2D eigenvalue weighted by atomic mass is 32.3. The number of hydrogen-bond acceptors (Lipinski definition) is 7. The maximum absolute atomic E-state index is 12.9. The number of esters is 1. The van der Waals surface area contributed by atoms with E-state index in [4.69, 9.17) is 13.7 Å². The number of aliphatic hydroxyl groups is 1. The summed E-state index contributed by atoms with van der Waals surface area (Å²) in [7, 11) is -1.05. The molecule has 2 atom stereocenters. The average Bonchev–Trinajstić information content (AvgIpc) is 3.00. The molecular weight excluding hydrogens is 603 g/mol. The first-order valence-corrected chi connectivity index (χ1v) is 22.5. The van der Waals surface area contributed by atoms with Crippen molar-refractivity contribution in [2.24, 2.45) is 0 Å². The van der Waals surface area contributed by atoms with Gasteiger partial charge in [-0.25, -0.2) is 0 Å². The molecule has 0 fully saturated rings. The summed E-state index contributed by atoms with van der Waals surface area (Å²) in [6, 6.07) is 0. The average molecular weight is 680 g/mol. The highest BCUT2D eigenvalue weighted by Crippen LogP contribution is 2.43. The van der Waals surface area contributed by atoms with Crippen molar-refractivity contribution >= 4 is 28.0 Å². The van der Waals surface area contributed by atoms with Crippen LogP contribution in [-0.4, -0.2) is 91.0 Å². The summed E-state index contributed by atoms with van der Waals surface area (Å²) in [6.45, 7) is 13.4.